The summed E-state index contributed by atoms with van der Waals surface area (Å²) in [5.41, 5.74) is 16.9. The normalized spacial score (nSPS) is 18.6. The second-order valence-corrected chi connectivity index (χ2v) is 12.2. The highest BCUT2D eigenvalue weighted by molar-refractivity contribution is 6.17. The average Bonchev–Trinajstić information content (AvgIpc) is 3.55. The Morgan fingerprint density at radius 1 is 0.915 bits per heavy atom. The fourth-order valence-electron chi connectivity index (χ4n) is 6.35. The summed E-state index contributed by atoms with van der Waals surface area (Å²) in [4.78, 5) is 47.6. The van der Waals surface area contributed by atoms with Crippen LogP contribution in [-0.2, 0) is 20.7 Å². The van der Waals surface area contributed by atoms with Gasteiger partial charge in [-0.05, 0) is 85.5 Å². The highest BCUT2D eigenvalue weighted by Gasteiger charge is 2.35. The van der Waals surface area contributed by atoms with E-state index in [0.29, 0.717) is 49.9 Å². The quantitative estimate of drug-likeness (QED) is 0.210. The molecule has 2 fully saturated rings. The van der Waals surface area contributed by atoms with Crippen LogP contribution >= 0.6 is 12.4 Å². The number of halogens is 1. The van der Waals surface area contributed by atoms with E-state index in [0.717, 1.165) is 54.0 Å². The Bertz CT molecular complexity index is 1670. The Kier molecular flexibility index (Phi) is 11.3. The molecule has 2 amide bonds. The van der Waals surface area contributed by atoms with Gasteiger partial charge in [-0.2, -0.15) is 0 Å². The van der Waals surface area contributed by atoms with Crippen molar-refractivity contribution < 1.29 is 14.3 Å². The molecule has 1 atom stereocenters. The Morgan fingerprint density at radius 2 is 1.57 bits per heavy atom. The maximum Gasteiger partial charge on any atom is 0.264 e. The monoisotopic (exact) mass is 659 g/mol. The number of rotatable bonds is 9. The molecule has 248 valence electrons. The van der Waals surface area contributed by atoms with Crippen molar-refractivity contribution in [1.29, 1.82) is 0 Å². The number of morpholine rings is 1. The minimum atomic E-state index is -0.926. The average molecular weight is 660 g/mol. The summed E-state index contributed by atoms with van der Waals surface area (Å²) in [6, 6.07) is 19.6. The van der Waals surface area contributed by atoms with E-state index in [2.05, 4.69) is 26.1 Å². The first-order valence-corrected chi connectivity index (χ1v) is 16.0. The summed E-state index contributed by atoms with van der Waals surface area (Å²) in [6.45, 7) is 3.69. The van der Waals surface area contributed by atoms with E-state index < -0.39 is 11.9 Å². The minimum absolute atomic E-state index is 0. The zero-order valence-electron chi connectivity index (χ0n) is 26.3. The summed E-state index contributed by atoms with van der Waals surface area (Å²) in [7, 11) is 0. The van der Waals surface area contributed by atoms with Gasteiger partial charge in [-0.25, -0.2) is 9.88 Å². The van der Waals surface area contributed by atoms with Gasteiger partial charge in [0.15, 0.2) is 0 Å². The smallest absolute Gasteiger partial charge is 0.264 e. The van der Waals surface area contributed by atoms with Gasteiger partial charge in [-0.3, -0.25) is 24.6 Å². The lowest BCUT2D eigenvalue weighted by Gasteiger charge is -2.32. The molecule has 2 aromatic heterocycles. The molecular formula is C35H42ClN7O4. The molecule has 6 N–H and O–H groups in total. The topological polar surface area (TPSA) is 163 Å². The van der Waals surface area contributed by atoms with Gasteiger partial charge >= 0.3 is 0 Å². The van der Waals surface area contributed by atoms with Crippen LogP contribution in [0.5, 0.6) is 0 Å². The Labute approximate surface area is 280 Å². The third-order valence-electron chi connectivity index (χ3n) is 9.15. The van der Waals surface area contributed by atoms with Crippen LogP contribution in [0.2, 0.25) is 0 Å². The van der Waals surface area contributed by atoms with E-state index in [1.165, 1.54) is 11.0 Å². The fourth-order valence-corrected chi connectivity index (χ4v) is 6.35. The van der Waals surface area contributed by atoms with Gasteiger partial charge in [0.05, 0.1) is 30.6 Å². The van der Waals surface area contributed by atoms with Crippen LogP contribution in [0.3, 0.4) is 0 Å². The van der Waals surface area contributed by atoms with Gasteiger partial charge in [-0.1, -0.05) is 36.4 Å². The standard InChI is InChI=1S/C35H41N7O4.ClH/c36-21-24-3-7-27(8-4-24)34(44)42(29-12-9-26(10-13-29)31-20-33(43)40-39-31)35(45)30(37)19-23-1-5-25(6-2-23)28-11-14-32(38-22-28)41-15-17-46-18-16-41;/h1-2,5-6,9-14,20,22,24,27,30H,3-4,7-8,15-19,21,36-37H2,(H2,39,40,43);1H/t24-,27-,30-;/m0./s1. The van der Waals surface area contributed by atoms with E-state index in [4.69, 9.17) is 16.2 Å². The highest BCUT2D eigenvalue weighted by Crippen LogP contribution is 2.32. The molecule has 2 aromatic carbocycles. The molecule has 0 bridgehead atoms. The van der Waals surface area contributed by atoms with Crippen LogP contribution in [0.4, 0.5) is 11.5 Å². The van der Waals surface area contributed by atoms with Crippen molar-refractivity contribution in [3.05, 3.63) is 88.8 Å². The van der Waals surface area contributed by atoms with Crippen molar-refractivity contribution >= 4 is 35.7 Å². The lowest BCUT2D eigenvalue weighted by molar-refractivity contribution is -0.130. The van der Waals surface area contributed by atoms with Crippen LogP contribution in [0.25, 0.3) is 22.4 Å². The van der Waals surface area contributed by atoms with E-state index in [-0.39, 0.29) is 36.2 Å². The van der Waals surface area contributed by atoms with Crippen LogP contribution in [0.1, 0.15) is 31.2 Å². The van der Waals surface area contributed by atoms with Crippen molar-refractivity contribution in [2.45, 2.75) is 38.1 Å². The molecule has 0 spiro atoms. The summed E-state index contributed by atoms with van der Waals surface area (Å²) in [5, 5.41) is 5.35. The largest absolute Gasteiger partial charge is 0.378 e. The number of nitrogens with one attached hydrogen (secondary N) is 2. The van der Waals surface area contributed by atoms with E-state index >= 15 is 0 Å². The Morgan fingerprint density at radius 3 is 2.17 bits per heavy atom. The van der Waals surface area contributed by atoms with Crippen LogP contribution in [-0.4, -0.2) is 65.9 Å². The van der Waals surface area contributed by atoms with Gasteiger partial charge in [0.25, 0.3) is 11.5 Å². The number of hydrogen-bond donors (Lipinski definition) is 4. The molecule has 4 aromatic rings. The molecule has 1 saturated carbocycles. The second-order valence-electron chi connectivity index (χ2n) is 12.2. The molecule has 3 heterocycles. The van der Waals surface area contributed by atoms with Gasteiger partial charge in [0.2, 0.25) is 5.91 Å². The Hall–Kier alpha value is -4.29. The number of aromatic nitrogens is 3. The molecule has 1 saturated heterocycles. The molecule has 6 rings (SSSR count). The number of benzene rings is 2. The molecule has 0 unspecified atom stereocenters. The van der Waals surface area contributed by atoms with Crippen molar-refractivity contribution in [2.24, 2.45) is 23.3 Å². The summed E-state index contributed by atoms with van der Waals surface area (Å²) in [5.74, 6) is 0.387. The molecule has 11 nitrogen and oxygen atoms in total. The van der Waals surface area contributed by atoms with Crippen molar-refractivity contribution in [1.82, 2.24) is 15.2 Å². The number of nitrogens with zero attached hydrogens (tertiary/aromatic N) is 3. The predicted octanol–water partition coefficient (Wildman–Crippen LogP) is 3.89. The summed E-state index contributed by atoms with van der Waals surface area (Å²) in [6.07, 6.45) is 5.24. The predicted molar refractivity (Wildman–Crippen MR) is 185 cm³/mol. The number of H-pyrrole nitrogens is 2. The van der Waals surface area contributed by atoms with Crippen molar-refractivity contribution in [3.8, 4) is 22.4 Å². The minimum Gasteiger partial charge on any atom is -0.378 e. The number of carbonyl (C=O) groups is 2. The highest BCUT2D eigenvalue weighted by atomic mass is 35.5. The molecule has 0 radical (unpaired) electrons. The number of ether oxygens (including phenoxy) is 1. The van der Waals surface area contributed by atoms with Crippen LogP contribution < -0.4 is 26.8 Å². The van der Waals surface area contributed by atoms with Gasteiger partial charge < -0.3 is 21.1 Å². The first-order valence-electron chi connectivity index (χ1n) is 16.0. The van der Waals surface area contributed by atoms with Gasteiger partial charge in [-0.15, -0.1) is 12.4 Å². The number of imide groups is 1. The zero-order valence-corrected chi connectivity index (χ0v) is 27.1. The molecule has 47 heavy (non-hydrogen) atoms. The van der Waals surface area contributed by atoms with E-state index in [9.17, 15) is 14.4 Å². The third kappa shape index (κ3) is 7.99. The molecular weight excluding hydrogens is 618 g/mol. The third-order valence-corrected chi connectivity index (χ3v) is 9.15. The van der Waals surface area contributed by atoms with Crippen molar-refractivity contribution in [2.75, 3.05) is 42.6 Å². The van der Waals surface area contributed by atoms with Crippen LogP contribution in [0, 0.1) is 11.8 Å². The number of amides is 2. The SMILES string of the molecule is Cl.NC[C@H]1CC[C@H](C(=O)N(C(=O)[C@@H](N)Cc2ccc(-c3ccc(N4CCOCC4)nc3)cc2)c2ccc(-c3cc(=O)[nH][nH]3)cc2)CC1. The number of carbonyl (C=O) groups excluding carboxylic acids is 2. The second kappa shape index (κ2) is 15.5. The number of aromatic amines is 2. The number of anilines is 2. The Balaban J connectivity index is 0.00000433. The summed E-state index contributed by atoms with van der Waals surface area (Å²) < 4.78 is 5.44. The van der Waals surface area contributed by atoms with Crippen LogP contribution in [0.15, 0.2) is 77.7 Å². The fraction of sp³-hybridized carbons (Fsp3) is 0.371. The van der Waals surface area contributed by atoms with E-state index in [1.807, 2.05) is 36.5 Å². The number of nitrogens with two attached hydrogens (primary N) is 2. The molecule has 12 heteroatoms. The lowest BCUT2D eigenvalue weighted by atomic mass is 9.81. The van der Waals surface area contributed by atoms with Gasteiger partial charge in [0.1, 0.15) is 5.82 Å². The lowest BCUT2D eigenvalue weighted by Crippen LogP contribution is -2.50. The molecule has 1 aliphatic carbocycles. The van der Waals surface area contributed by atoms with Gasteiger partial charge in [0, 0.05) is 36.8 Å². The summed E-state index contributed by atoms with van der Waals surface area (Å²) >= 11 is 0. The maximum absolute atomic E-state index is 13.9. The molecule has 1 aliphatic heterocycles. The first kappa shape index (κ1) is 34.1. The van der Waals surface area contributed by atoms with Crippen molar-refractivity contribution in [3.63, 3.8) is 0 Å². The first-order chi connectivity index (χ1) is 22.4. The number of pyridine rings is 1. The zero-order chi connectivity index (χ0) is 32.0. The number of hydrogen-bond acceptors (Lipinski definition) is 8. The maximum atomic E-state index is 13.9. The van der Waals surface area contributed by atoms with E-state index in [1.54, 1.807) is 24.3 Å². The molecule has 2 aliphatic rings.